The van der Waals surface area contributed by atoms with E-state index in [4.69, 9.17) is 28.5 Å². The van der Waals surface area contributed by atoms with Gasteiger partial charge in [-0.05, 0) is 161 Å². The number of aliphatic hydroxyl groups is 1. The summed E-state index contributed by atoms with van der Waals surface area (Å²) in [6.45, 7) is 4.94. The summed E-state index contributed by atoms with van der Waals surface area (Å²) < 4.78 is 0. The number of aromatic nitrogens is 5. The quantitative estimate of drug-likeness (QED) is 0.0139. The molecule has 1 saturated carbocycles. The lowest BCUT2D eigenvalue weighted by atomic mass is 9.82. The van der Waals surface area contributed by atoms with Crippen molar-refractivity contribution in [1.82, 2.24) is 93.6 Å². The number of unbranched alkanes of at least 4 members (excludes halogenated alkanes) is 1. The van der Waals surface area contributed by atoms with Gasteiger partial charge in [0.15, 0.2) is 5.96 Å². The first-order valence-electron chi connectivity index (χ1n) is 38.4. The van der Waals surface area contributed by atoms with Crippen LogP contribution in [0.2, 0.25) is 5.02 Å². The fourth-order valence-electron chi connectivity index (χ4n) is 13.5. The first-order valence-corrected chi connectivity index (χ1v) is 38.7. The fraction of sp³-hybridized carbons (Fsp3) is 0.456. The minimum atomic E-state index is -1.83. The second kappa shape index (κ2) is 44.5. The third kappa shape index (κ3) is 28.0. The Bertz CT molecular complexity index is 4360. The fourth-order valence-corrected chi connectivity index (χ4v) is 13.6. The van der Waals surface area contributed by atoms with E-state index < -0.39 is 150 Å². The van der Waals surface area contributed by atoms with Crippen molar-refractivity contribution in [2.24, 2.45) is 23.3 Å². The molecule has 1 aliphatic carbocycles. The number of hydrogen-bond acceptors (Lipinski definition) is 21. The van der Waals surface area contributed by atoms with Crippen LogP contribution in [-0.2, 0) is 72.0 Å². The summed E-state index contributed by atoms with van der Waals surface area (Å²) in [7, 11) is 0. The van der Waals surface area contributed by atoms with Gasteiger partial charge in [-0.2, -0.15) is 0 Å². The lowest BCUT2D eigenvalue weighted by molar-refractivity contribution is -0.143. The molecule has 6 aromatic rings. The Balaban J connectivity index is 1.04. The Morgan fingerprint density at radius 2 is 1.18 bits per heavy atom. The molecule has 614 valence electrons. The molecule has 0 spiro atoms. The van der Waals surface area contributed by atoms with Gasteiger partial charge in [0.1, 0.15) is 65.8 Å². The number of amides is 13. The highest BCUT2D eigenvalue weighted by Gasteiger charge is 2.41. The molecular formula is C79H102ClN21O14. The second-order valence-corrected chi connectivity index (χ2v) is 29.4. The smallest absolute Gasteiger partial charge is 0.271 e. The molecule has 0 radical (unpaired) electrons. The van der Waals surface area contributed by atoms with Crippen molar-refractivity contribution in [2.45, 2.75) is 190 Å². The monoisotopic (exact) mass is 1600 g/mol. The molecule has 0 unspecified atom stereocenters. The van der Waals surface area contributed by atoms with Crippen molar-refractivity contribution in [3.63, 3.8) is 0 Å². The average Bonchev–Trinajstić information content (AvgIpc) is 1.72. The van der Waals surface area contributed by atoms with Crippen LogP contribution in [0, 0.1) is 17.2 Å². The number of hydrogen-bond donors (Lipinski definition) is 16. The topological polar surface area (TPSA) is 530 Å². The molecule has 36 heteroatoms. The van der Waals surface area contributed by atoms with E-state index in [1.54, 1.807) is 68.6 Å². The van der Waals surface area contributed by atoms with Crippen molar-refractivity contribution < 1.29 is 67.4 Å². The molecule has 35 nitrogen and oxygen atoms in total. The first kappa shape index (κ1) is 88.6. The zero-order chi connectivity index (χ0) is 83.1. The zero-order valence-corrected chi connectivity index (χ0v) is 65.3. The summed E-state index contributed by atoms with van der Waals surface area (Å²) in [4.78, 5) is 205. The minimum absolute atomic E-state index is 0.0392. The number of rotatable bonds is 40. The van der Waals surface area contributed by atoms with Gasteiger partial charge in [0.05, 0.1) is 24.4 Å². The van der Waals surface area contributed by atoms with Gasteiger partial charge in [-0.3, -0.25) is 93.0 Å². The van der Waals surface area contributed by atoms with Gasteiger partial charge in [0.25, 0.3) is 11.8 Å². The number of imide groups is 1. The summed E-state index contributed by atoms with van der Waals surface area (Å²) in [6, 6.07) is 9.52. The highest BCUT2D eigenvalue weighted by atomic mass is 35.5. The Hall–Kier alpha value is -12.0. The molecule has 2 aliphatic rings. The van der Waals surface area contributed by atoms with Gasteiger partial charge >= 0.3 is 0 Å². The number of benzene rings is 2. The standard InChI is InChI=1S/C79H102ClN21O14/c1-45(2)66(77(114)95-59(19-12-32-89-79(82)83)78(115)101-35-13-20-65(101)76(113)91-46(3)67(104)92-47(4)103)100-70(107)58(18-8-10-31-88-69(106)57-17-7-9-30-86-57)94-71(108)61(39-49-23-27-54(28-24-49)93-74(111)63-43-85-33-34-87-63)98-75(112)64(44-102)99-73(110)62(40-50-14-11-29-84-41-50)97-72(109)60(38-48-21-25-53(80)26-22-48)96-68(105)55(81)37-51-36-52-15-5-6-16-56(52)90-42-51/h5-7,9,11,14-17,21-22,25-26,29-30,33-34,36,41-43,45-46,49,54-55,58-62,64-66,102H,8,10,12-13,18-20,23-24,27-28,31-32,35,37-40,44,81H2,1-4H3,(H,88,106)(H,91,113)(H,93,111)(H,94,108)(H,95,114)(H,96,105)(H,97,109)(H,98,112)(H,99,110)(H,100,107)(H4,82,83,89)(H,92,103,104)/t46-,49?,54?,55-,58-,59-,60-,61-,62-,64-,65-,66-/m0/s1. The molecule has 0 bridgehead atoms. The van der Waals surface area contributed by atoms with Gasteiger partial charge in [-0.25, -0.2) is 4.98 Å². The van der Waals surface area contributed by atoms with Crippen molar-refractivity contribution in [3.05, 3.63) is 161 Å². The number of carbonyl (C=O) groups excluding carboxylic acids is 13. The van der Waals surface area contributed by atoms with E-state index in [1.165, 1.54) is 55.1 Å². The number of nitrogens with two attached hydrogens (primary N) is 2. The molecule has 115 heavy (non-hydrogen) atoms. The molecule has 5 heterocycles. The first-order chi connectivity index (χ1) is 55.1. The number of pyridine rings is 3. The van der Waals surface area contributed by atoms with E-state index in [2.05, 4.69) is 88.7 Å². The third-order valence-electron chi connectivity index (χ3n) is 19.7. The van der Waals surface area contributed by atoms with Crippen molar-refractivity contribution in [1.29, 1.82) is 5.41 Å². The number of halogens is 1. The minimum Gasteiger partial charge on any atom is -0.394 e. The summed E-state index contributed by atoms with van der Waals surface area (Å²) >= 11 is 6.25. The van der Waals surface area contributed by atoms with E-state index in [0.29, 0.717) is 53.8 Å². The van der Waals surface area contributed by atoms with Crippen LogP contribution < -0.4 is 75.3 Å². The van der Waals surface area contributed by atoms with Crippen LogP contribution in [0.3, 0.4) is 0 Å². The molecule has 13 amide bonds. The van der Waals surface area contributed by atoms with Crippen LogP contribution in [0.4, 0.5) is 0 Å². The summed E-state index contributed by atoms with van der Waals surface area (Å²) in [6.07, 6.45) is 12.3. The predicted molar refractivity (Wildman–Crippen MR) is 423 cm³/mol. The van der Waals surface area contributed by atoms with Crippen molar-refractivity contribution in [2.75, 3.05) is 26.2 Å². The van der Waals surface area contributed by atoms with Gasteiger partial charge in [-0.15, -0.1) is 0 Å². The summed E-state index contributed by atoms with van der Waals surface area (Å²) in [5.41, 5.74) is 14.7. The number of aliphatic hydroxyl groups excluding tert-OH is 1. The van der Waals surface area contributed by atoms with E-state index >= 15 is 9.59 Å². The molecule has 1 aliphatic heterocycles. The Morgan fingerprint density at radius 1 is 0.557 bits per heavy atom. The normalized spacial score (nSPS) is 16.8. The van der Waals surface area contributed by atoms with Crippen LogP contribution in [0.15, 0.2) is 128 Å². The van der Waals surface area contributed by atoms with E-state index in [9.17, 15) is 57.8 Å². The highest BCUT2D eigenvalue weighted by Crippen LogP contribution is 2.29. The number of nitrogens with zero attached hydrogens (tertiary/aromatic N) is 6. The van der Waals surface area contributed by atoms with Gasteiger partial charge in [0.2, 0.25) is 65.0 Å². The third-order valence-corrected chi connectivity index (χ3v) is 19.9. The number of nitrogens with one attached hydrogen (secondary N) is 13. The molecule has 2 fully saturated rings. The lowest BCUT2D eigenvalue weighted by Gasteiger charge is -2.33. The lowest BCUT2D eigenvalue weighted by Crippen LogP contribution is -2.62. The Labute approximate surface area is 670 Å². The van der Waals surface area contributed by atoms with Crippen molar-refractivity contribution >= 4 is 105 Å². The average molecular weight is 1610 g/mol. The zero-order valence-electron chi connectivity index (χ0n) is 64.5. The molecule has 1 saturated heterocycles. The van der Waals surface area contributed by atoms with Crippen LogP contribution >= 0.6 is 11.6 Å². The van der Waals surface area contributed by atoms with Crippen LogP contribution in [0.1, 0.15) is 142 Å². The maximum Gasteiger partial charge on any atom is 0.271 e. The van der Waals surface area contributed by atoms with E-state index in [-0.39, 0.29) is 113 Å². The van der Waals surface area contributed by atoms with Crippen LogP contribution in [0.25, 0.3) is 10.9 Å². The molecule has 18 N–H and O–H groups in total. The number of guanidine groups is 1. The van der Waals surface area contributed by atoms with Gasteiger partial charge < -0.3 is 80.0 Å². The van der Waals surface area contributed by atoms with Crippen molar-refractivity contribution in [3.8, 4) is 0 Å². The predicted octanol–water partition coefficient (Wildman–Crippen LogP) is 0.266. The number of fused-ring (bicyclic) bond motifs is 1. The maximum absolute atomic E-state index is 15.4. The SMILES string of the molecule is CC(=O)NC(=O)[C@H](C)NC(=O)[C@@H]1CCCN1C(=O)[C@H](CCCNC(=N)N)NC(=O)[C@@H](NC(=O)[C@H](CCCCNC(=O)c1ccccn1)NC(=O)[C@H](CC1CCC(NC(=O)c2cnccn2)CC1)NC(=O)[C@H](CO)NC(=O)[C@H](Cc1cccnc1)NC(=O)[C@H](Cc1ccc(Cl)cc1)NC(=O)[C@@H](N)Cc1cnc2ccccc2c1)C(C)C. The van der Waals surface area contributed by atoms with Gasteiger partial charge in [0, 0.05) is 93.0 Å². The number of para-hydroxylation sites is 1. The molecule has 4 aromatic heterocycles. The Morgan fingerprint density at radius 3 is 1.85 bits per heavy atom. The van der Waals surface area contributed by atoms with Crippen LogP contribution in [0.5, 0.6) is 0 Å². The van der Waals surface area contributed by atoms with Gasteiger partial charge in [-0.1, -0.05) is 67.9 Å². The van der Waals surface area contributed by atoms with Crippen LogP contribution in [-0.4, -0.2) is 210 Å². The largest absolute Gasteiger partial charge is 0.394 e. The summed E-state index contributed by atoms with van der Waals surface area (Å²) in [5.74, 6) is -11.4. The number of carbonyl (C=O) groups is 13. The molecular weight excluding hydrogens is 1500 g/mol. The maximum atomic E-state index is 15.4. The van der Waals surface area contributed by atoms with E-state index in [1.807, 2.05) is 30.3 Å². The van der Waals surface area contributed by atoms with E-state index in [0.717, 1.165) is 17.8 Å². The number of likely N-dealkylation sites (tertiary alicyclic amines) is 1. The molecule has 8 rings (SSSR count). The molecule has 10 atom stereocenters. The highest BCUT2D eigenvalue weighted by molar-refractivity contribution is 6.30. The second-order valence-electron chi connectivity index (χ2n) is 29.0. The summed E-state index contributed by atoms with van der Waals surface area (Å²) in [5, 5.41) is 52.2. The Kier molecular flexibility index (Phi) is 34.2. The molecule has 2 aromatic carbocycles.